The second-order valence-electron chi connectivity index (χ2n) is 14.9. The van der Waals surface area contributed by atoms with Crippen LogP contribution in [0.4, 0.5) is 17.1 Å². The molecule has 236 valence electrons. The molecule has 0 spiro atoms. The van der Waals surface area contributed by atoms with E-state index in [1.54, 1.807) is 0 Å². The highest BCUT2D eigenvalue weighted by Gasteiger charge is 2.38. The van der Waals surface area contributed by atoms with Crippen LogP contribution >= 0.6 is 0 Å². The van der Waals surface area contributed by atoms with Gasteiger partial charge in [0, 0.05) is 17.1 Å². The van der Waals surface area contributed by atoms with E-state index in [4.69, 9.17) is 0 Å². The number of anilines is 3. The predicted octanol–water partition coefficient (Wildman–Crippen LogP) is 13.5. The van der Waals surface area contributed by atoms with Crippen LogP contribution < -0.4 is 4.90 Å². The van der Waals surface area contributed by atoms with Gasteiger partial charge in [-0.25, -0.2) is 0 Å². The van der Waals surface area contributed by atoms with Crippen molar-refractivity contribution in [3.63, 3.8) is 0 Å². The lowest BCUT2D eigenvalue weighted by Gasteiger charge is -2.43. The molecule has 0 fully saturated rings. The Bertz CT molecular complexity index is 2270. The SMILES string of the molecule is Cc1cc2c(cc1N(c1ccc(-c3ccccc3)cc1)c1ccc(-c3cc4ccccc4c4ccccc34)cc1)C(C)(C)CCC2(C)C. The first-order valence-corrected chi connectivity index (χ1v) is 17.3. The zero-order valence-electron chi connectivity index (χ0n) is 28.7. The van der Waals surface area contributed by atoms with Crippen LogP contribution in [0.1, 0.15) is 57.2 Å². The van der Waals surface area contributed by atoms with Crippen molar-refractivity contribution in [3.05, 3.63) is 162 Å². The molecule has 1 aliphatic carbocycles. The first-order valence-electron chi connectivity index (χ1n) is 17.3. The lowest BCUT2D eigenvalue weighted by molar-refractivity contribution is 0.332. The molecule has 1 aliphatic rings. The minimum atomic E-state index is 0.122. The fourth-order valence-corrected chi connectivity index (χ4v) is 7.90. The van der Waals surface area contributed by atoms with Gasteiger partial charge in [0.15, 0.2) is 0 Å². The largest absolute Gasteiger partial charge is 0.310 e. The van der Waals surface area contributed by atoms with Gasteiger partial charge in [0.25, 0.3) is 0 Å². The van der Waals surface area contributed by atoms with E-state index >= 15 is 0 Å². The van der Waals surface area contributed by atoms with Crippen LogP contribution in [0.3, 0.4) is 0 Å². The summed E-state index contributed by atoms with van der Waals surface area (Å²) in [5, 5.41) is 5.15. The van der Waals surface area contributed by atoms with Gasteiger partial charge in [-0.15, -0.1) is 0 Å². The Morgan fingerprint density at radius 3 is 1.60 bits per heavy atom. The summed E-state index contributed by atoms with van der Waals surface area (Å²) in [6.45, 7) is 11.9. The molecule has 0 atom stereocenters. The summed E-state index contributed by atoms with van der Waals surface area (Å²) in [7, 11) is 0. The van der Waals surface area contributed by atoms with Crippen molar-refractivity contribution in [1.82, 2.24) is 0 Å². The van der Waals surface area contributed by atoms with E-state index < -0.39 is 0 Å². The molecular weight excluding hydrogens is 579 g/mol. The predicted molar refractivity (Wildman–Crippen MR) is 207 cm³/mol. The monoisotopic (exact) mass is 621 g/mol. The average molecular weight is 622 g/mol. The second kappa shape index (κ2) is 11.5. The van der Waals surface area contributed by atoms with Gasteiger partial charge in [-0.1, -0.05) is 137 Å². The molecule has 0 aliphatic heterocycles. The lowest BCUT2D eigenvalue weighted by Crippen LogP contribution is -2.34. The van der Waals surface area contributed by atoms with E-state index in [0.29, 0.717) is 0 Å². The second-order valence-corrected chi connectivity index (χ2v) is 14.9. The zero-order valence-corrected chi connectivity index (χ0v) is 28.7. The molecule has 7 aromatic carbocycles. The van der Waals surface area contributed by atoms with E-state index in [2.05, 4.69) is 185 Å². The Hall–Kier alpha value is -5.14. The van der Waals surface area contributed by atoms with E-state index in [1.807, 2.05) is 0 Å². The summed E-state index contributed by atoms with van der Waals surface area (Å²) in [6.07, 6.45) is 2.40. The Morgan fingerprint density at radius 1 is 0.458 bits per heavy atom. The molecule has 0 bridgehead atoms. The molecule has 0 saturated carbocycles. The molecule has 8 rings (SSSR count). The Morgan fingerprint density at radius 2 is 0.958 bits per heavy atom. The summed E-state index contributed by atoms with van der Waals surface area (Å²) in [6, 6.07) is 53.8. The van der Waals surface area contributed by atoms with Crippen LogP contribution in [0.5, 0.6) is 0 Å². The lowest BCUT2D eigenvalue weighted by atomic mass is 9.63. The minimum Gasteiger partial charge on any atom is -0.310 e. The molecule has 7 aromatic rings. The van der Waals surface area contributed by atoms with Gasteiger partial charge in [0.2, 0.25) is 0 Å². The Kier molecular flexibility index (Phi) is 7.26. The van der Waals surface area contributed by atoms with Crippen LogP contribution in [0.15, 0.2) is 146 Å². The third kappa shape index (κ3) is 5.19. The highest BCUT2D eigenvalue weighted by atomic mass is 15.1. The van der Waals surface area contributed by atoms with Crippen molar-refractivity contribution in [3.8, 4) is 22.3 Å². The maximum Gasteiger partial charge on any atom is 0.0493 e. The fourth-order valence-electron chi connectivity index (χ4n) is 7.90. The van der Waals surface area contributed by atoms with Crippen LogP contribution in [0, 0.1) is 6.92 Å². The molecule has 0 N–H and O–H groups in total. The molecule has 0 saturated heterocycles. The van der Waals surface area contributed by atoms with Gasteiger partial charge < -0.3 is 4.90 Å². The molecule has 0 heterocycles. The van der Waals surface area contributed by atoms with Crippen molar-refractivity contribution in [2.24, 2.45) is 0 Å². The molecule has 1 heteroatoms. The molecule has 0 radical (unpaired) electrons. The number of rotatable bonds is 5. The van der Waals surface area contributed by atoms with Crippen molar-refractivity contribution in [2.45, 2.75) is 58.3 Å². The zero-order chi connectivity index (χ0) is 33.0. The summed E-state index contributed by atoms with van der Waals surface area (Å²) < 4.78 is 0. The third-order valence-electron chi connectivity index (χ3n) is 10.8. The number of hydrogen-bond donors (Lipinski definition) is 0. The smallest absolute Gasteiger partial charge is 0.0493 e. The van der Waals surface area contributed by atoms with Crippen molar-refractivity contribution >= 4 is 38.6 Å². The van der Waals surface area contributed by atoms with Crippen LogP contribution in [0.2, 0.25) is 0 Å². The van der Waals surface area contributed by atoms with Crippen molar-refractivity contribution in [1.29, 1.82) is 0 Å². The maximum absolute atomic E-state index is 2.50. The van der Waals surface area contributed by atoms with Gasteiger partial charge in [-0.2, -0.15) is 0 Å². The summed E-state index contributed by atoms with van der Waals surface area (Å²) in [5.41, 5.74) is 13.1. The number of nitrogens with zero attached hydrogens (tertiary/aromatic N) is 1. The van der Waals surface area contributed by atoms with Crippen LogP contribution in [-0.4, -0.2) is 0 Å². The molecular formula is C47H43N. The molecule has 1 nitrogen and oxygen atoms in total. The van der Waals surface area contributed by atoms with E-state index in [1.165, 1.54) is 79.0 Å². The first kappa shape index (κ1) is 30.2. The number of aryl methyl sites for hydroxylation is 1. The minimum absolute atomic E-state index is 0.122. The van der Waals surface area contributed by atoms with Crippen molar-refractivity contribution < 1.29 is 0 Å². The highest BCUT2D eigenvalue weighted by molar-refractivity contribution is 6.13. The number of hydrogen-bond acceptors (Lipinski definition) is 1. The Balaban J connectivity index is 1.28. The highest BCUT2D eigenvalue weighted by Crippen LogP contribution is 2.49. The van der Waals surface area contributed by atoms with Crippen molar-refractivity contribution in [2.75, 3.05) is 4.90 Å². The quantitative estimate of drug-likeness (QED) is 0.173. The van der Waals surface area contributed by atoms with Crippen LogP contribution in [-0.2, 0) is 10.8 Å². The average Bonchev–Trinajstić information content (AvgIpc) is 3.11. The topological polar surface area (TPSA) is 3.24 Å². The first-order chi connectivity index (χ1) is 23.2. The standard InChI is InChI=1S/C47H43N/c1-32-29-43-44(47(4,5)28-27-46(43,2)3)31-45(32)48(37-23-19-34(20-24-37)33-13-7-6-8-14-33)38-25-21-35(22-26-38)42-30-36-15-9-10-16-39(36)40-17-11-12-18-41(40)42/h6-26,29-31H,27-28H2,1-5H3. The molecule has 0 unspecified atom stereocenters. The number of benzene rings is 7. The van der Waals surface area contributed by atoms with Gasteiger partial charge >= 0.3 is 0 Å². The van der Waals surface area contributed by atoms with Crippen LogP contribution in [0.25, 0.3) is 43.8 Å². The van der Waals surface area contributed by atoms with Gasteiger partial charge in [-0.3, -0.25) is 0 Å². The van der Waals surface area contributed by atoms with E-state index in [0.717, 1.165) is 11.4 Å². The maximum atomic E-state index is 2.50. The molecule has 48 heavy (non-hydrogen) atoms. The Labute approximate surface area is 285 Å². The third-order valence-corrected chi connectivity index (χ3v) is 10.8. The van der Waals surface area contributed by atoms with E-state index in [-0.39, 0.29) is 10.8 Å². The summed E-state index contributed by atoms with van der Waals surface area (Å²) in [5.74, 6) is 0. The van der Waals surface area contributed by atoms with Gasteiger partial charge in [0.1, 0.15) is 0 Å². The van der Waals surface area contributed by atoms with Gasteiger partial charge in [0.05, 0.1) is 0 Å². The van der Waals surface area contributed by atoms with Gasteiger partial charge in [-0.05, 0) is 127 Å². The number of fused-ring (bicyclic) bond motifs is 4. The molecule has 0 aromatic heterocycles. The fraction of sp³-hybridized carbons (Fsp3) is 0.191. The molecule has 0 amide bonds. The normalized spacial score (nSPS) is 14.9. The summed E-state index contributed by atoms with van der Waals surface area (Å²) in [4.78, 5) is 2.46. The van der Waals surface area contributed by atoms with E-state index in [9.17, 15) is 0 Å². The summed E-state index contributed by atoms with van der Waals surface area (Å²) >= 11 is 0.